The fourth-order valence-corrected chi connectivity index (χ4v) is 3.71. The van der Waals surface area contributed by atoms with Gasteiger partial charge in [0.15, 0.2) is 16.7 Å². The lowest BCUT2D eigenvalue weighted by molar-refractivity contribution is 0.0941. The third-order valence-electron chi connectivity index (χ3n) is 4.35. The van der Waals surface area contributed by atoms with E-state index in [-0.39, 0.29) is 11.7 Å². The topological polar surface area (TPSA) is 94.3 Å². The number of anilines is 1. The van der Waals surface area contributed by atoms with E-state index in [0.29, 0.717) is 53.1 Å². The number of aryl methyl sites for hydroxylation is 1. The fourth-order valence-electron chi connectivity index (χ4n) is 2.77. The minimum Gasteiger partial charge on any atom is -0.463 e. The van der Waals surface area contributed by atoms with Crippen LogP contribution in [0.5, 0.6) is 0 Å². The van der Waals surface area contributed by atoms with Crippen molar-refractivity contribution >= 4 is 28.2 Å². The van der Waals surface area contributed by atoms with Crippen LogP contribution in [0.25, 0.3) is 11.5 Å². The molecule has 0 unspecified atom stereocenters. The minimum absolute atomic E-state index is 0.0477. The summed E-state index contributed by atoms with van der Waals surface area (Å²) in [7, 11) is 0. The van der Waals surface area contributed by atoms with Gasteiger partial charge in [0, 0.05) is 31.5 Å². The first-order valence-electron chi connectivity index (χ1n) is 10.0. The van der Waals surface area contributed by atoms with Crippen LogP contribution in [0.2, 0.25) is 0 Å². The molecule has 3 rings (SSSR count). The fraction of sp³-hybridized carbons (Fsp3) is 0.364. The number of thiazole rings is 1. The Hall–Kier alpha value is -2.84. The zero-order valence-electron chi connectivity index (χ0n) is 17.1. The van der Waals surface area contributed by atoms with E-state index >= 15 is 0 Å². The van der Waals surface area contributed by atoms with Crippen molar-refractivity contribution in [2.24, 2.45) is 0 Å². The predicted octanol–water partition coefficient (Wildman–Crippen LogP) is 5.00. The van der Waals surface area contributed by atoms with Gasteiger partial charge in [-0.1, -0.05) is 25.2 Å². The summed E-state index contributed by atoms with van der Waals surface area (Å²) < 4.78 is 10.9. The largest absolute Gasteiger partial charge is 0.463 e. The number of ether oxygens (including phenoxy) is 1. The second kappa shape index (κ2) is 10.8. The van der Waals surface area contributed by atoms with Gasteiger partial charge in [0.1, 0.15) is 10.6 Å². The molecule has 0 atom stereocenters. The maximum Gasteiger partial charge on any atom is 0.259 e. The molecule has 158 valence electrons. The van der Waals surface area contributed by atoms with Gasteiger partial charge in [0.05, 0.1) is 11.8 Å². The van der Waals surface area contributed by atoms with Gasteiger partial charge in [-0.2, -0.15) is 0 Å². The minimum atomic E-state index is -0.322. The van der Waals surface area contributed by atoms with Crippen molar-refractivity contribution in [2.45, 2.75) is 39.5 Å². The van der Waals surface area contributed by atoms with Crippen LogP contribution < -0.4 is 5.32 Å². The molecule has 3 aromatic rings. The molecule has 0 aliphatic heterocycles. The van der Waals surface area contributed by atoms with Crippen LogP contribution in [0.3, 0.4) is 0 Å². The summed E-state index contributed by atoms with van der Waals surface area (Å²) >= 11 is 1.15. The number of hydrogen-bond acceptors (Lipinski definition) is 7. The number of carbonyl (C=O) groups is 2. The van der Waals surface area contributed by atoms with Crippen molar-refractivity contribution in [1.82, 2.24) is 9.97 Å². The first-order chi connectivity index (χ1) is 14.6. The number of rotatable bonds is 11. The molecule has 0 aliphatic rings. The normalized spacial score (nSPS) is 10.9. The van der Waals surface area contributed by atoms with Crippen LogP contribution in [0.4, 0.5) is 5.13 Å². The van der Waals surface area contributed by atoms with E-state index in [2.05, 4.69) is 15.3 Å². The van der Waals surface area contributed by atoms with E-state index in [1.165, 1.54) is 12.5 Å². The third kappa shape index (κ3) is 5.61. The van der Waals surface area contributed by atoms with E-state index in [9.17, 15) is 9.59 Å². The molecule has 0 spiro atoms. The maximum absolute atomic E-state index is 12.8. The number of hydrogen-bond donors (Lipinski definition) is 1. The molecule has 0 saturated heterocycles. The molecule has 30 heavy (non-hydrogen) atoms. The Morgan fingerprint density at radius 1 is 1.20 bits per heavy atom. The summed E-state index contributed by atoms with van der Waals surface area (Å²) in [5, 5.41) is 3.11. The van der Waals surface area contributed by atoms with Crippen LogP contribution >= 0.6 is 11.3 Å². The molecule has 0 aliphatic carbocycles. The second-order valence-corrected chi connectivity index (χ2v) is 7.66. The van der Waals surface area contributed by atoms with Gasteiger partial charge in [-0.25, -0.2) is 4.98 Å². The zero-order chi connectivity index (χ0) is 21.3. The van der Waals surface area contributed by atoms with E-state index < -0.39 is 0 Å². The molecule has 0 fully saturated rings. The maximum atomic E-state index is 12.8. The number of Topliss-reactive ketones (excluding diaryl/α,β-unsaturated/α-hetero) is 1. The molecule has 0 bridgehead atoms. The van der Waals surface area contributed by atoms with Crippen molar-refractivity contribution in [3.63, 3.8) is 0 Å². The quantitative estimate of drug-likeness (QED) is 0.342. The Kier molecular flexibility index (Phi) is 7.87. The van der Waals surface area contributed by atoms with E-state index in [1.54, 1.807) is 18.2 Å². The summed E-state index contributed by atoms with van der Waals surface area (Å²) in [5.41, 5.74) is 1.79. The van der Waals surface area contributed by atoms with Gasteiger partial charge < -0.3 is 9.15 Å². The van der Waals surface area contributed by atoms with Gasteiger partial charge in [-0.15, -0.1) is 0 Å². The van der Waals surface area contributed by atoms with Crippen molar-refractivity contribution in [3.05, 3.63) is 52.9 Å². The highest BCUT2D eigenvalue weighted by molar-refractivity contribution is 7.18. The highest BCUT2D eigenvalue weighted by Gasteiger charge is 2.22. The van der Waals surface area contributed by atoms with Crippen LogP contribution in [0, 0.1) is 0 Å². The summed E-state index contributed by atoms with van der Waals surface area (Å²) in [4.78, 5) is 34.5. The van der Waals surface area contributed by atoms with Gasteiger partial charge in [0.2, 0.25) is 0 Å². The van der Waals surface area contributed by atoms with Gasteiger partial charge >= 0.3 is 0 Å². The highest BCUT2D eigenvalue weighted by atomic mass is 32.1. The van der Waals surface area contributed by atoms with E-state index in [1.807, 2.05) is 19.9 Å². The Labute approximate surface area is 179 Å². The average Bonchev–Trinajstić information content (AvgIpc) is 3.43. The van der Waals surface area contributed by atoms with Crippen LogP contribution in [-0.2, 0) is 11.2 Å². The first kappa shape index (κ1) is 21.9. The Bertz CT molecular complexity index is 965. The molecule has 8 heteroatoms. The summed E-state index contributed by atoms with van der Waals surface area (Å²) in [6.45, 7) is 5.28. The average molecular weight is 428 g/mol. The van der Waals surface area contributed by atoms with E-state index in [4.69, 9.17) is 9.15 Å². The molecule has 0 saturated carbocycles. The van der Waals surface area contributed by atoms with Crippen LogP contribution in [-0.4, -0.2) is 34.9 Å². The van der Waals surface area contributed by atoms with E-state index in [0.717, 1.165) is 29.9 Å². The Morgan fingerprint density at radius 3 is 2.73 bits per heavy atom. The van der Waals surface area contributed by atoms with Gasteiger partial charge in [0.25, 0.3) is 5.91 Å². The molecular weight excluding hydrogens is 402 g/mol. The van der Waals surface area contributed by atoms with Crippen LogP contribution in [0.1, 0.15) is 58.8 Å². The standard InChI is InChI=1S/C22H25N3O4S/c1-3-11-28-12-5-7-17(26)20-19(18-8-6-13-29-18)24-22(30-20)25-21(27)15-9-10-16(4-2)23-14-15/h6,8-10,13-14H,3-5,7,11-12H2,1-2H3,(H,24,25,27). The molecule has 1 amide bonds. The van der Waals surface area contributed by atoms with Gasteiger partial charge in [-0.05, 0) is 43.5 Å². The van der Waals surface area contributed by atoms with Gasteiger partial charge in [-0.3, -0.25) is 19.9 Å². The number of furan rings is 1. The molecule has 0 radical (unpaired) electrons. The van der Waals surface area contributed by atoms with Crippen molar-refractivity contribution in [3.8, 4) is 11.5 Å². The van der Waals surface area contributed by atoms with Crippen molar-refractivity contribution in [2.75, 3.05) is 18.5 Å². The zero-order valence-corrected chi connectivity index (χ0v) is 18.0. The number of ketones is 1. The summed E-state index contributed by atoms with van der Waals surface area (Å²) in [6.07, 6.45) is 5.79. The second-order valence-electron chi connectivity index (χ2n) is 6.66. The molecule has 3 heterocycles. The monoisotopic (exact) mass is 427 g/mol. The SMILES string of the molecule is CCCOCCCC(=O)c1sc(NC(=O)c2ccc(CC)nc2)nc1-c1ccco1. The molecule has 0 aromatic carbocycles. The Balaban J connectivity index is 1.74. The highest BCUT2D eigenvalue weighted by Crippen LogP contribution is 2.33. The molecule has 1 N–H and O–H groups in total. The van der Waals surface area contributed by atoms with Crippen molar-refractivity contribution in [1.29, 1.82) is 0 Å². The lowest BCUT2D eigenvalue weighted by Gasteiger charge is -2.02. The number of carbonyl (C=O) groups excluding carboxylic acids is 2. The predicted molar refractivity (Wildman–Crippen MR) is 116 cm³/mol. The number of nitrogens with one attached hydrogen (secondary N) is 1. The Morgan fingerprint density at radius 2 is 2.07 bits per heavy atom. The lowest BCUT2D eigenvalue weighted by atomic mass is 10.1. The first-order valence-corrected chi connectivity index (χ1v) is 10.9. The smallest absolute Gasteiger partial charge is 0.259 e. The molecule has 3 aromatic heterocycles. The summed E-state index contributed by atoms with van der Waals surface area (Å²) in [5.74, 6) is 0.122. The molecular formula is C22H25N3O4S. The number of pyridine rings is 1. The van der Waals surface area contributed by atoms with Crippen molar-refractivity contribution < 1.29 is 18.7 Å². The van der Waals surface area contributed by atoms with Crippen LogP contribution in [0.15, 0.2) is 41.1 Å². The third-order valence-corrected chi connectivity index (χ3v) is 5.36. The number of amides is 1. The summed E-state index contributed by atoms with van der Waals surface area (Å²) in [6, 6.07) is 7.03. The molecule has 7 nitrogen and oxygen atoms in total. The number of aromatic nitrogens is 2. The number of nitrogens with zero attached hydrogens (tertiary/aromatic N) is 2. The lowest BCUT2D eigenvalue weighted by Crippen LogP contribution is -2.12.